The topological polar surface area (TPSA) is 79.7 Å². The standard InChI is InChI=1S/C20H28N4O3/c1-20(2,3)27-19(26)23-10-6-7-13(12-23)16-11-17-21-15-9-5-4-8-14(15)18(25)24(17)22-16/h11,13,22H,4-10,12H2,1-3H3. The maximum Gasteiger partial charge on any atom is 0.410 e. The second-order valence-corrected chi connectivity index (χ2v) is 8.72. The molecule has 1 saturated heterocycles. The minimum atomic E-state index is -0.499. The molecule has 1 atom stereocenters. The zero-order valence-electron chi connectivity index (χ0n) is 16.4. The van der Waals surface area contributed by atoms with Crippen molar-refractivity contribution in [3.8, 4) is 0 Å². The number of aromatic amines is 1. The lowest BCUT2D eigenvalue weighted by molar-refractivity contribution is 0.0197. The number of nitrogens with one attached hydrogen (secondary N) is 1. The van der Waals surface area contributed by atoms with Gasteiger partial charge < -0.3 is 9.64 Å². The van der Waals surface area contributed by atoms with E-state index in [4.69, 9.17) is 9.72 Å². The van der Waals surface area contributed by atoms with Crippen LogP contribution >= 0.6 is 0 Å². The Kier molecular flexibility index (Phi) is 4.48. The number of rotatable bonds is 1. The Morgan fingerprint density at radius 3 is 2.81 bits per heavy atom. The summed E-state index contributed by atoms with van der Waals surface area (Å²) in [5.74, 6) is 0.157. The van der Waals surface area contributed by atoms with Crippen molar-refractivity contribution in [2.45, 2.75) is 70.8 Å². The molecule has 1 unspecified atom stereocenters. The summed E-state index contributed by atoms with van der Waals surface area (Å²) >= 11 is 0. The number of hydrogen-bond acceptors (Lipinski definition) is 4. The molecule has 0 bridgehead atoms. The molecular weight excluding hydrogens is 344 g/mol. The highest BCUT2D eigenvalue weighted by Gasteiger charge is 2.29. The molecule has 3 heterocycles. The summed E-state index contributed by atoms with van der Waals surface area (Å²) in [5.41, 5.74) is 2.99. The van der Waals surface area contributed by atoms with E-state index in [9.17, 15) is 9.59 Å². The normalized spacial score (nSPS) is 20.6. The lowest BCUT2D eigenvalue weighted by Gasteiger charge is -2.33. The van der Waals surface area contributed by atoms with Gasteiger partial charge in [0.15, 0.2) is 5.65 Å². The summed E-state index contributed by atoms with van der Waals surface area (Å²) in [5, 5.41) is 3.25. The van der Waals surface area contributed by atoms with Gasteiger partial charge in [0.05, 0.1) is 5.69 Å². The predicted molar refractivity (Wildman–Crippen MR) is 102 cm³/mol. The Balaban J connectivity index is 1.59. The van der Waals surface area contributed by atoms with E-state index in [-0.39, 0.29) is 17.6 Å². The van der Waals surface area contributed by atoms with Gasteiger partial charge in [0.2, 0.25) is 0 Å². The average Bonchev–Trinajstić information content (AvgIpc) is 3.05. The van der Waals surface area contributed by atoms with E-state index in [1.807, 2.05) is 26.8 Å². The highest BCUT2D eigenvalue weighted by Crippen LogP contribution is 2.28. The highest BCUT2D eigenvalue weighted by atomic mass is 16.6. The second-order valence-electron chi connectivity index (χ2n) is 8.72. The Labute approximate surface area is 158 Å². The van der Waals surface area contributed by atoms with Crippen LogP contribution in [0.4, 0.5) is 4.79 Å². The van der Waals surface area contributed by atoms with Crippen molar-refractivity contribution in [3.05, 3.63) is 33.4 Å². The zero-order valence-corrected chi connectivity index (χ0v) is 16.4. The summed E-state index contributed by atoms with van der Waals surface area (Å²) in [6, 6.07) is 1.97. The van der Waals surface area contributed by atoms with Crippen LogP contribution in [-0.4, -0.2) is 44.3 Å². The van der Waals surface area contributed by atoms with Crippen LogP contribution in [0, 0.1) is 0 Å². The van der Waals surface area contributed by atoms with Crippen molar-refractivity contribution in [1.82, 2.24) is 19.5 Å². The molecule has 7 nitrogen and oxygen atoms in total. The fourth-order valence-electron chi connectivity index (χ4n) is 4.11. The van der Waals surface area contributed by atoms with Crippen LogP contribution in [0.25, 0.3) is 5.65 Å². The van der Waals surface area contributed by atoms with Crippen molar-refractivity contribution in [1.29, 1.82) is 0 Å². The molecule has 2 aromatic heterocycles. The maximum atomic E-state index is 12.8. The van der Waals surface area contributed by atoms with Gasteiger partial charge in [-0.3, -0.25) is 9.89 Å². The Morgan fingerprint density at radius 2 is 2.04 bits per heavy atom. The van der Waals surface area contributed by atoms with Crippen molar-refractivity contribution in [2.24, 2.45) is 0 Å². The van der Waals surface area contributed by atoms with Gasteiger partial charge in [0, 0.05) is 36.3 Å². The summed E-state index contributed by atoms with van der Waals surface area (Å²) in [6.07, 6.45) is 5.47. The lowest BCUT2D eigenvalue weighted by Crippen LogP contribution is -2.42. The van der Waals surface area contributed by atoms with Crippen LogP contribution in [0.5, 0.6) is 0 Å². The van der Waals surface area contributed by atoms with E-state index in [1.54, 1.807) is 9.42 Å². The molecule has 146 valence electrons. The number of hydrogen-bond donors (Lipinski definition) is 1. The van der Waals surface area contributed by atoms with Crippen LogP contribution in [0.1, 0.15) is 69.3 Å². The molecule has 0 spiro atoms. The average molecular weight is 372 g/mol. The molecule has 1 aliphatic heterocycles. The third-order valence-corrected chi connectivity index (χ3v) is 5.42. The second kappa shape index (κ2) is 6.69. The van der Waals surface area contributed by atoms with Crippen molar-refractivity contribution < 1.29 is 9.53 Å². The first kappa shape index (κ1) is 18.1. The van der Waals surface area contributed by atoms with Crippen molar-refractivity contribution >= 4 is 11.7 Å². The van der Waals surface area contributed by atoms with Gasteiger partial charge in [-0.2, -0.15) is 0 Å². The number of ether oxygens (including phenoxy) is 1. The smallest absolute Gasteiger partial charge is 0.410 e. The van der Waals surface area contributed by atoms with Crippen molar-refractivity contribution in [2.75, 3.05) is 13.1 Å². The summed E-state index contributed by atoms with van der Waals surface area (Å²) in [6.45, 7) is 6.94. The predicted octanol–water partition coefficient (Wildman–Crippen LogP) is 3.02. The number of carbonyl (C=O) groups is 1. The zero-order chi connectivity index (χ0) is 19.2. The van der Waals surface area contributed by atoms with Crippen LogP contribution < -0.4 is 5.56 Å². The van der Waals surface area contributed by atoms with Crippen molar-refractivity contribution in [3.63, 3.8) is 0 Å². The molecule has 0 saturated carbocycles. The minimum Gasteiger partial charge on any atom is -0.444 e. The van der Waals surface area contributed by atoms with E-state index < -0.39 is 5.60 Å². The molecule has 7 heteroatoms. The quantitative estimate of drug-likeness (QED) is 0.834. The summed E-state index contributed by atoms with van der Waals surface area (Å²) in [4.78, 5) is 31.7. The van der Waals surface area contributed by atoms with E-state index in [2.05, 4.69) is 5.10 Å². The third kappa shape index (κ3) is 3.59. The fraction of sp³-hybridized carbons (Fsp3) is 0.650. The number of aryl methyl sites for hydroxylation is 1. The van der Waals surface area contributed by atoms with Crippen LogP contribution in [-0.2, 0) is 17.6 Å². The van der Waals surface area contributed by atoms with Crippen LogP contribution in [0.2, 0.25) is 0 Å². The minimum absolute atomic E-state index is 0.0285. The van der Waals surface area contributed by atoms with E-state index >= 15 is 0 Å². The number of amides is 1. The van der Waals surface area contributed by atoms with E-state index in [1.165, 1.54) is 0 Å². The lowest BCUT2D eigenvalue weighted by atomic mass is 9.95. The monoisotopic (exact) mass is 372 g/mol. The Bertz CT molecular complexity index is 922. The number of nitrogens with zero attached hydrogens (tertiary/aromatic N) is 3. The molecule has 1 fully saturated rings. The maximum absolute atomic E-state index is 12.8. The molecule has 27 heavy (non-hydrogen) atoms. The molecule has 4 rings (SSSR count). The number of H-pyrrole nitrogens is 1. The number of fused-ring (bicyclic) bond motifs is 2. The van der Waals surface area contributed by atoms with Crippen LogP contribution in [0.15, 0.2) is 10.9 Å². The molecule has 1 amide bonds. The van der Waals surface area contributed by atoms with Gasteiger partial charge in [-0.15, -0.1) is 0 Å². The first-order valence-corrected chi connectivity index (χ1v) is 9.93. The Hall–Kier alpha value is -2.31. The molecule has 1 N–H and O–H groups in total. The van der Waals surface area contributed by atoms with Gasteiger partial charge in [-0.05, 0) is 59.3 Å². The highest BCUT2D eigenvalue weighted by molar-refractivity contribution is 5.68. The molecular formula is C20H28N4O3. The van der Waals surface area contributed by atoms with Gasteiger partial charge in [0.25, 0.3) is 5.56 Å². The molecule has 1 aliphatic carbocycles. The van der Waals surface area contributed by atoms with Gasteiger partial charge >= 0.3 is 6.09 Å². The first-order valence-electron chi connectivity index (χ1n) is 9.93. The number of carbonyl (C=O) groups excluding carboxylic acids is 1. The first-order chi connectivity index (χ1) is 12.8. The fourth-order valence-corrected chi connectivity index (χ4v) is 4.11. The van der Waals surface area contributed by atoms with Gasteiger partial charge in [0.1, 0.15) is 5.60 Å². The number of likely N-dealkylation sites (tertiary alicyclic amines) is 1. The molecule has 0 aromatic carbocycles. The molecule has 0 radical (unpaired) electrons. The summed E-state index contributed by atoms with van der Waals surface area (Å²) in [7, 11) is 0. The molecule has 2 aliphatic rings. The van der Waals surface area contributed by atoms with Crippen LogP contribution in [0.3, 0.4) is 0 Å². The molecule has 2 aromatic rings. The SMILES string of the molecule is CC(C)(C)OC(=O)N1CCCC(c2cc3nc4c(c(=O)n3[nH]2)CCCC4)C1. The number of piperidine rings is 1. The van der Waals surface area contributed by atoms with E-state index in [0.29, 0.717) is 18.7 Å². The summed E-state index contributed by atoms with van der Waals surface area (Å²) < 4.78 is 7.09. The Morgan fingerprint density at radius 1 is 1.26 bits per heavy atom. The van der Waals surface area contributed by atoms with Gasteiger partial charge in [-0.1, -0.05) is 0 Å². The number of aromatic nitrogens is 3. The van der Waals surface area contributed by atoms with Gasteiger partial charge in [-0.25, -0.2) is 14.3 Å². The third-order valence-electron chi connectivity index (χ3n) is 5.42. The van der Waals surface area contributed by atoms with E-state index in [0.717, 1.165) is 55.5 Å². The largest absolute Gasteiger partial charge is 0.444 e.